The molecule has 3 heterocycles. The maximum absolute atomic E-state index is 13.2. The van der Waals surface area contributed by atoms with Gasteiger partial charge in [-0.1, -0.05) is 19.3 Å². The molecule has 3 aliphatic rings. The molecule has 5 rings (SSSR count). The first kappa shape index (κ1) is 20.0. The molecule has 1 aromatic carbocycles. The van der Waals surface area contributed by atoms with Gasteiger partial charge in [-0.25, -0.2) is 9.28 Å². The summed E-state index contributed by atoms with van der Waals surface area (Å²) < 4.78 is 8.32. The molecule has 1 aromatic heterocycles. The van der Waals surface area contributed by atoms with Crippen LogP contribution >= 0.6 is 0 Å². The van der Waals surface area contributed by atoms with Crippen molar-refractivity contribution >= 4 is 22.7 Å². The maximum atomic E-state index is 13.2. The number of hydrogen-bond acceptors (Lipinski definition) is 4. The summed E-state index contributed by atoms with van der Waals surface area (Å²) in [6, 6.07) is 4.09. The molecule has 2 fully saturated rings. The van der Waals surface area contributed by atoms with E-state index < -0.39 is 0 Å². The minimum absolute atomic E-state index is 0.0617. The van der Waals surface area contributed by atoms with Gasteiger partial charge in [-0.2, -0.15) is 5.10 Å². The van der Waals surface area contributed by atoms with Crippen molar-refractivity contribution in [2.45, 2.75) is 58.1 Å². The van der Waals surface area contributed by atoms with Crippen molar-refractivity contribution in [3.05, 3.63) is 47.9 Å². The number of amides is 2. The molecule has 162 valence electrons. The zero-order valence-corrected chi connectivity index (χ0v) is 18.1. The Morgan fingerprint density at radius 3 is 2.71 bits per heavy atom. The minimum Gasteiger partial charge on any atom is -0.490 e. The van der Waals surface area contributed by atoms with Gasteiger partial charge in [0, 0.05) is 17.6 Å². The van der Waals surface area contributed by atoms with Gasteiger partial charge in [-0.05, 0) is 44.9 Å². The van der Waals surface area contributed by atoms with Crippen molar-refractivity contribution in [3.8, 4) is 5.75 Å². The van der Waals surface area contributed by atoms with E-state index in [0.29, 0.717) is 27.5 Å². The quantitative estimate of drug-likeness (QED) is 0.588. The van der Waals surface area contributed by atoms with Crippen LogP contribution in [0.15, 0.2) is 42.4 Å². The van der Waals surface area contributed by atoms with Crippen molar-refractivity contribution in [2.75, 3.05) is 13.1 Å². The molecular formula is C24H29N4O3+. The summed E-state index contributed by atoms with van der Waals surface area (Å²) in [5.74, 6) is 0.0927. The smallest absolute Gasteiger partial charge is 0.367 e. The van der Waals surface area contributed by atoms with Crippen LogP contribution in [0.1, 0.15) is 62.4 Å². The lowest BCUT2D eigenvalue weighted by atomic mass is 9.96. The van der Waals surface area contributed by atoms with Crippen LogP contribution in [0.5, 0.6) is 5.75 Å². The average Bonchev–Trinajstić information content (AvgIpc) is 3.41. The number of nitrogens with zero attached hydrogens (tertiary/aromatic N) is 3. The summed E-state index contributed by atoms with van der Waals surface area (Å²) in [6.45, 7) is 5.44. The Hall–Kier alpha value is -2.93. The Labute approximate surface area is 181 Å². The second-order valence-corrected chi connectivity index (χ2v) is 9.14. The first-order chi connectivity index (χ1) is 14.9. The predicted molar refractivity (Wildman–Crippen MR) is 117 cm³/mol. The second-order valence-electron chi connectivity index (χ2n) is 9.14. The first-order valence-corrected chi connectivity index (χ1v) is 11.3. The Bertz CT molecular complexity index is 1100. The van der Waals surface area contributed by atoms with E-state index in [1.807, 2.05) is 44.5 Å². The third kappa shape index (κ3) is 3.78. The van der Waals surface area contributed by atoms with Crippen LogP contribution in [-0.2, 0) is 4.79 Å². The normalized spacial score (nSPS) is 20.4. The Kier molecular flexibility index (Phi) is 4.93. The number of aromatic nitrogens is 2. The number of benzene rings is 1. The first-order valence-electron chi connectivity index (χ1n) is 11.3. The maximum Gasteiger partial charge on any atom is 0.367 e. The van der Waals surface area contributed by atoms with Crippen LogP contribution in [0.25, 0.3) is 10.9 Å². The highest BCUT2D eigenvalue weighted by molar-refractivity contribution is 6.05. The Balaban J connectivity index is 1.46. The van der Waals surface area contributed by atoms with Gasteiger partial charge in [0.25, 0.3) is 5.91 Å². The van der Waals surface area contributed by atoms with E-state index in [1.165, 1.54) is 19.3 Å². The summed E-state index contributed by atoms with van der Waals surface area (Å²) >= 11 is 0. The molecular weight excluding hydrogens is 392 g/mol. The Morgan fingerprint density at radius 1 is 1.23 bits per heavy atom. The number of hydrogen-bond donors (Lipinski definition) is 1. The number of nitrogens with one attached hydrogen (secondary N) is 1. The molecule has 2 aliphatic heterocycles. The molecule has 0 bridgehead atoms. The van der Waals surface area contributed by atoms with Gasteiger partial charge >= 0.3 is 5.91 Å². The number of quaternary nitrogens is 1. The van der Waals surface area contributed by atoms with E-state index in [0.717, 1.165) is 36.8 Å². The fourth-order valence-corrected chi connectivity index (χ4v) is 4.56. The van der Waals surface area contributed by atoms with Gasteiger partial charge < -0.3 is 10.1 Å². The fraction of sp³-hybridized carbons (Fsp3) is 0.458. The third-order valence-electron chi connectivity index (χ3n) is 6.40. The Morgan fingerprint density at radius 2 is 2.00 bits per heavy atom. The van der Waals surface area contributed by atoms with Crippen LogP contribution in [-0.4, -0.2) is 45.3 Å². The molecule has 31 heavy (non-hydrogen) atoms. The summed E-state index contributed by atoms with van der Waals surface area (Å²) in [5, 5.41) is 8.52. The fourth-order valence-electron chi connectivity index (χ4n) is 4.56. The molecule has 1 spiro atoms. The van der Waals surface area contributed by atoms with Crippen LogP contribution in [0.4, 0.5) is 0 Å². The van der Waals surface area contributed by atoms with Crippen molar-refractivity contribution in [1.82, 2.24) is 15.1 Å². The summed E-state index contributed by atoms with van der Waals surface area (Å²) in [5.41, 5.74) is 1.57. The van der Waals surface area contributed by atoms with Gasteiger partial charge in [0.15, 0.2) is 0 Å². The molecule has 1 N–H and O–H groups in total. The van der Waals surface area contributed by atoms with Gasteiger partial charge in [0.05, 0.1) is 23.2 Å². The SMILES string of the molecule is CC(C)Oc1cc2nn(C3CCCCC3)cc2cc1C(=O)NC1=CC=C[N+]2(CC2)C1=O. The van der Waals surface area contributed by atoms with Crippen molar-refractivity contribution < 1.29 is 18.8 Å². The zero-order valence-electron chi connectivity index (χ0n) is 18.1. The van der Waals surface area contributed by atoms with Crippen LogP contribution in [0.2, 0.25) is 0 Å². The molecule has 0 radical (unpaired) electrons. The van der Waals surface area contributed by atoms with Gasteiger partial charge in [0.1, 0.15) is 30.7 Å². The number of carbonyl (C=O) groups excluding carboxylic acids is 2. The monoisotopic (exact) mass is 421 g/mol. The van der Waals surface area contributed by atoms with Crippen LogP contribution < -0.4 is 10.1 Å². The standard InChI is InChI=1S/C24H28N4O3/c1-16(2)31-22-14-21-17(15-27(26-21)18-7-4-3-5-8-18)13-19(22)23(29)25-20-9-6-10-28(11-12-28)24(20)30/h6,9-10,13-16,18H,3-5,7-8,11-12H2,1-2H3/p+1. The average molecular weight is 422 g/mol. The summed E-state index contributed by atoms with van der Waals surface area (Å²) in [7, 11) is 0. The topological polar surface area (TPSA) is 73.2 Å². The summed E-state index contributed by atoms with van der Waals surface area (Å²) in [6.07, 6.45) is 13.4. The number of rotatable bonds is 5. The van der Waals surface area contributed by atoms with Crippen LogP contribution in [0, 0.1) is 0 Å². The molecule has 0 atom stereocenters. The lowest BCUT2D eigenvalue weighted by Gasteiger charge is -2.21. The van der Waals surface area contributed by atoms with E-state index in [1.54, 1.807) is 6.08 Å². The molecule has 1 saturated heterocycles. The highest BCUT2D eigenvalue weighted by atomic mass is 16.5. The molecule has 2 amide bonds. The van der Waals surface area contributed by atoms with E-state index >= 15 is 0 Å². The highest BCUT2D eigenvalue weighted by Crippen LogP contribution is 2.32. The van der Waals surface area contributed by atoms with Crippen molar-refractivity contribution in [2.24, 2.45) is 0 Å². The molecule has 7 nitrogen and oxygen atoms in total. The molecule has 2 aromatic rings. The number of allylic oxidation sites excluding steroid dienone is 2. The third-order valence-corrected chi connectivity index (χ3v) is 6.40. The van der Waals surface area contributed by atoms with Gasteiger partial charge in [0.2, 0.25) is 0 Å². The molecule has 7 heteroatoms. The van der Waals surface area contributed by atoms with Gasteiger partial charge in [-0.3, -0.25) is 9.48 Å². The number of fused-ring (bicyclic) bond motifs is 1. The number of carbonyl (C=O) groups is 2. The predicted octanol–water partition coefficient (Wildman–Crippen LogP) is 3.83. The van der Waals surface area contributed by atoms with Crippen LogP contribution in [0.3, 0.4) is 0 Å². The summed E-state index contributed by atoms with van der Waals surface area (Å²) in [4.78, 5) is 25.9. The van der Waals surface area contributed by atoms with Crippen molar-refractivity contribution in [1.29, 1.82) is 0 Å². The molecule has 0 unspecified atom stereocenters. The van der Waals surface area contributed by atoms with Crippen molar-refractivity contribution in [3.63, 3.8) is 0 Å². The molecule has 1 saturated carbocycles. The van der Waals surface area contributed by atoms with E-state index in [2.05, 4.69) is 10.00 Å². The zero-order chi connectivity index (χ0) is 21.6. The van der Waals surface area contributed by atoms with E-state index in [-0.39, 0.29) is 17.9 Å². The lowest BCUT2D eigenvalue weighted by Crippen LogP contribution is -2.39. The number of ether oxygens (including phenoxy) is 1. The second kappa shape index (κ2) is 7.64. The highest BCUT2D eigenvalue weighted by Gasteiger charge is 2.51. The van der Waals surface area contributed by atoms with Gasteiger partial charge in [-0.15, -0.1) is 0 Å². The molecule has 1 aliphatic carbocycles. The van der Waals surface area contributed by atoms with E-state index in [9.17, 15) is 9.59 Å². The lowest BCUT2D eigenvalue weighted by molar-refractivity contribution is -0.657. The minimum atomic E-state index is -0.335. The largest absolute Gasteiger partial charge is 0.490 e. The van der Waals surface area contributed by atoms with E-state index in [4.69, 9.17) is 9.84 Å².